The number of carbonyl (C=O) groups excluding carboxylic acids is 2. The number of aryl methyl sites for hydroxylation is 1. The summed E-state index contributed by atoms with van der Waals surface area (Å²) in [5.41, 5.74) is 2.52. The number of thioether (sulfide) groups is 1. The van der Waals surface area contributed by atoms with E-state index in [1.807, 2.05) is 43.3 Å². The Balaban J connectivity index is 1.79. The Morgan fingerprint density at radius 1 is 1.05 bits per heavy atom. The van der Waals surface area contributed by atoms with Crippen LogP contribution in [0.2, 0.25) is 0 Å². The second kappa shape index (κ2) is 6.29. The smallest absolute Gasteiger partial charge is 0.295 e. The van der Waals surface area contributed by atoms with E-state index in [2.05, 4.69) is 27.9 Å². The monoisotopic (exact) mass is 424 g/mol. The van der Waals surface area contributed by atoms with Crippen LogP contribution in [-0.2, 0) is 4.79 Å². The minimum absolute atomic E-state index is 0.239. The Kier molecular flexibility index (Phi) is 4.39. The number of halogens is 1. The molecule has 0 saturated carbocycles. The number of rotatable bonds is 3. The first-order chi connectivity index (χ1) is 10.5. The maximum absolute atomic E-state index is 12.5. The number of benzene rings is 2. The fourth-order valence-electron chi connectivity index (χ4n) is 2.13. The Bertz CT molecular complexity index is 716. The number of imide groups is 1. The predicted octanol–water partition coefficient (Wildman–Crippen LogP) is 4.24. The SMILES string of the molecule is Cc1ccc(N2C(=O)S[C@H](Nc3ccc(I)cc3)C2=O)cc1. The summed E-state index contributed by atoms with van der Waals surface area (Å²) in [5, 5.41) is 2.27. The van der Waals surface area contributed by atoms with Gasteiger partial charge in [0, 0.05) is 9.26 Å². The van der Waals surface area contributed by atoms with Crippen molar-refractivity contribution in [2.75, 3.05) is 10.2 Å². The summed E-state index contributed by atoms with van der Waals surface area (Å²) in [7, 11) is 0. The molecule has 2 aromatic rings. The standard InChI is InChI=1S/C16H13IN2O2S/c1-10-2-8-13(9-3-10)19-15(20)14(22-16(19)21)18-12-6-4-11(17)5-7-12/h2-9,14,18H,1H3/t14-/m0/s1. The maximum Gasteiger partial charge on any atom is 0.295 e. The Labute approximate surface area is 146 Å². The summed E-state index contributed by atoms with van der Waals surface area (Å²) in [6.45, 7) is 1.97. The lowest BCUT2D eigenvalue weighted by molar-refractivity contribution is -0.116. The van der Waals surface area contributed by atoms with E-state index < -0.39 is 5.37 Å². The van der Waals surface area contributed by atoms with Gasteiger partial charge in [-0.05, 0) is 77.7 Å². The Morgan fingerprint density at radius 2 is 1.68 bits per heavy atom. The first-order valence-electron chi connectivity index (χ1n) is 6.68. The molecule has 1 aliphatic heterocycles. The molecule has 2 aromatic carbocycles. The van der Waals surface area contributed by atoms with Crippen LogP contribution in [0.15, 0.2) is 48.5 Å². The molecule has 1 saturated heterocycles. The van der Waals surface area contributed by atoms with Crippen LogP contribution in [0, 0.1) is 10.5 Å². The zero-order chi connectivity index (χ0) is 15.7. The van der Waals surface area contributed by atoms with Crippen molar-refractivity contribution in [1.82, 2.24) is 0 Å². The number of amides is 2. The van der Waals surface area contributed by atoms with Gasteiger partial charge in [0.1, 0.15) is 0 Å². The third kappa shape index (κ3) is 3.12. The molecule has 4 nitrogen and oxygen atoms in total. The molecule has 0 bridgehead atoms. The van der Waals surface area contributed by atoms with Gasteiger partial charge in [0.15, 0.2) is 5.37 Å². The van der Waals surface area contributed by atoms with Gasteiger partial charge in [-0.3, -0.25) is 9.59 Å². The van der Waals surface area contributed by atoms with Crippen LogP contribution >= 0.6 is 34.4 Å². The molecular formula is C16H13IN2O2S. The molecule has 0 unspecified atom stereocenters. The highest BCUT2D eigenvalue weighted by molar-refractivity contribution is 14.1. The van der Waals surface area contributed by atoms with Crippen molar-refractivity contribution in [1.29, 1.82) is 0 Å². The lowest BCUT2D eigenvalue weighted by Gasteiger charge is -2.15. The van der Waals surface area contributed by atoms with Crippen LogP contribution in [0.5, 0.6) is 0 Å². The molecule has 6 heteroatoms. The molecule has 0 aliphatic carbocycles. The van der Waals surface area contributed by atoms with Gasteiger partial charge in [-0.25, -0.2) is 4.90 Å². The predicted molar refractivity (Wildman–Crippen MR) is 98.2 cm³/mol. The number of carbonyl (C=O) groups is 2. The van der Waals surface area contributed by atoms with Crippen molar-refractivity contribution in [2.45, 2.75) is 12.3 Å². The van der Waals surface area contributed by atoms with Crippen molar-refractivity contribution in [3.05, 3.63) is 57.7 Å². The quantitative estimate of drug-likeness (QED) is 0.750. The average Bonchev–Trinajstić information content (AvgIpc) is 2.77. The van der Waals surface area contributed by atoms with E-state index in [0.717, 1.165) is 26.6 Å². The normalized spacial score (nSPS) is 17.9. The van der Waals surface area contributed by atoms with Gasteiger partial charge >= 0.3 is 0 Å². The number of nitrogens with one attached hydrogen (secondary N) is 1. The highest BCUT2D eigenvalue weighted by atomic mass is 127. The summed E-state index contributed by atoms with van der Waals surface area (Å²) in [6.07, 6.45) is 0. The second-order valence-electron chi connectivity index (χ2n) is 4.92. The fourth-order valence-corrected chi connectivity index (χ4v) is 3.39. The molecule has 3 rings (SSSR count). The molecule has 22 heavy (non-hydrogen) atoms. The molecule has 1 fully saturated rings. The van der Waals surface area contributed by atoms with Crippen LogP contribution in [-0.4, -0.2) is 16.5 Å². The Hall–Kier alpha value is -1.54. The van der Waals surface area contributed by atoms with Crippen LogP contribution in [0.3, 0.4) is 0 Å². The van der Waals surface area contributed by atoms with Gasteiger partial charge in [0.25, 0.3) is 11.1 Å². The minimum Gasteiger partial charge on any atom is -0.365 e. The van der Waals surface area contributed by atoms with E-state index >= 15 is 0 Å². The van der Waals surface area contributed by atoms with E-state index in [0.29, 0.717) is 5.69 Å². The van der Waals surface area contributed by atoms with E-state index in [4.69, 9.17) is 0 Å². The van der Waals surface area contributed by atoms with Gasteiger partial charge in [-0.2, -0.15) is 0 Å². The number of anilines is 2. The molecular weight excluding hydrogens is 411 g/mol. The van der Waals surface area contributed by atoms with Gasteiger partial charge < -0.3 is 5.32 Å². The van der Waals surface area contributed by atoms with Crippen molar-refractivity contribution < 1.29 is 9.59 Å². The molecule has 1 aliphatic rings. The molecule has 0 spiro atoms. The first kappa shape index (κ1) is 15.4. The summed E-state index contributed by atoms with van der Waals surface area (Å²) >= 11 is 3.22. The number of hydrogen-bond donors (Lipinski definition) is 1. The fraction of sp³-hybridized carbons (Fsp3) is 0.125. The molecule has 2 amide bonds. The highest BCUT2D eigenvalue weighted by Gasteiger charge is 2.40. The van der Waals surface area contributed by atoms with Crippen molar-refractivity contribution in [2.24, 2.45) is 0 Å². The van der Waals surface area contributed by atoms with E-state index in [9.17, 15) is 9.59 Å². The van der Waals surface area contributed by atoms with Crippen LogP contribution in [0.4, 0.5) is 16.2 Å². The van der Waals surface area contributed by atoms with Crippen molar-refractivity contribution in [3.63, 3.8) is 0 Å². The lowest BCUT2D eigenvalue weighted by atomic mass is 10.2. The molecule has 0 aromatic heterocycles. The molecule has 112 valence electrons. The number of hydrogen-bond acceptors (Lipinski definition) is 4. The Morgan fingerprint density at radius 3 is 2.32 bits per heavy atom. The zero-order valence-electron chi connectivity index (χ0n) is 11.7. The molecule has 1 heterocycles. The largest absolute Gasteiger partial charge is 0.365 e. The van der Waals surface area contributed by atoms with Crippen LogP contribution < -0.4 is 10.2 Å². The van der Waals surface area contributed by atoms with Crippen molar-refractivity contribution >= 4 is 56.9 Å². The molecule has 1 atom stereocenters. The van der Waals surface area contributed by atoms with Gasteiger partial charge in [0.2, 0.25) is 0 Å². The number of nitrogens with zero attached hydrogens (tertiary/aromatic N) is 1. The maximum atomic E-state index is 12.5. The zero-order valence-corrected chi connectivity index (χ0v) is 14.7. The second-order valence-corrected chi connectivity index (χ2v) is 7.23. The highest BCUT2D eigenvalue weighted by Crippen LogP contribution is 2.32. The van der Waals surface area contributed by atoms with Gasteiger partial charge in [0.05, 0.1) is 5.69 Å². The minimum atomic E-state index is -0.589. The summed E-state index contributed by atoms with van der Waals surface area (Å²) in [5.74, 6) is -0.239. The van der Waals surface area contributed by atoms with Gasteiger partial charge in [-0.15, -0.1) is 0 Å². The van der Waals surface area contributed by atoms with Crippen molar-refractivity contribution in [3.8, 4) is 0 Å². The topological polar surface area (TPSA) is 49.4 Å². The van der Waals surface area contributed by atoms with E-state index in [-0.39, 0.29) is 11.1 Å². The van der Waals surface area contributed by atoms with E-state index in [1.54, 1.807) is 12.1 Å². The van der Waals surface area contributed by atoms with Crippen LogP contribution in [0.1, 0.15) is 5.56 Å². The third-order valence-electron chi connectivity index (χ3n) is 3.28. The lowest BCUT2D eigenvalue weighted by Crippen LogP contribution is -2.34. The summed E-state index contributed by atoms with van der Waals surface area (Å²) in [6, 6.07) is 15.1. The average molecular weight is 424 g/mol. The first-order valence-corrected chi connectivity index (χ1v) is 8.64. The summed E-state index contributed by atoms with van der Waals surface area (Å²) in [4.78, 5) is 25.9. The molecule has 1 N–H and O–H groups in total. The third-order valence-corrected chi connectivity index (χ3v) is 4.94. The van der Waals surface area contributed by atoms with Gasteiger partial charge in [-0.1, -0.05) is 17.7 Å². The van der Waals surface area contributed by atoms with Crippen LogP contribution in [0.25, 0.3) is 0 Å². The molecule has 0 radical (unpaired) electrons. The summed E-state index contributed by atoms with van der Waals surface area (Å²) < 4.78 is 1.12. The van der Waals surface area contributed by atoms with E-state index in [1.165, 1.54) is 4.90 Å².